The van der Waals surface area contributed by atoms with Gasteiger partial charge >= 0.3 is 12.1 Å². The van der Waals surface area contributed by atoms with Crippen LogP contribution in [0.4, 0.5) is 13.2 Å². The maximum Gasteiger partial charge on any atom is 0.471 e. The van der Waals surface area contributed by atoms with E-state index in [1.807, 2.05) is 0 Å². The van der Waals surface area contributed by atoms with Crippen LogP contribution in [0.2, 0.25) is 0 Å². The fraction of sp³-hybridized carbons (Fsp3) is 0.857. The third-order valence-corrected chi connectivity index (χ3v) is 4.38. The predicted octanol–water partition coefficient (Wildman–Crippen LogP) is 1.32. The van der Waals surface area contributed by atoms with E-state index in [9.17, 15) is 22.8 Å². The molecule has 134 valence electrons. The molecule has 0 radical (unpaired) electrons. The van der Waals surface area contributed by atoms with Crippen LogP contribution in [-0.2, 0) is 9.59 Å². The van der Waals surface area contributed by atoms with Crippen molar-refractivity contribution in [2.24, 2.45) is 11.8 Å². The van der Waals surface area contributed by atoms with E-state index >= 15 is 0 Å². The van der Waals surface area contributed by atoms with Crippen LogP contribution in [0.15, 0.2) is 0 Å². The van der Waals surface area contributed by atoms with Crippen molar-refractivity contribution in [2.45, 2.75) is 31.9 Å². The van der Waals surface area contributed by atoms with Crippen LogP contribution in [0.3, 0.4) is 0 Å². The number of amides is 2. The highest BCUT2D eigenvalue weighted by molar-refractivity contribution is 5.85. The van der Waals surface area contributed by atoms with Crippen molar-refractivity contribution in [1.29, 1.82) is 0 Å². The number of hydrogen-bond donors (Lipinski definition) is 2. The number of hydrogen-bond acceptors (Lipinski definition) is 3. The van der Waals surface area contributed by atoms with Gasteiger partial charge in [-0.05, 0) is 38.1 Å². The molecule has 2 aliphatic rings. The highest BCUT2D eigenvalue weighted by Gasteiger charge is 2.43. The average molecular weight is 358 g/mol. The summed E-state index contributed by atoms with van der Waals surface area (Å²) in [5, 5.41) is 6.07. The van der Waals surface area contributed by atoms with Gasteiger partial charge in [0.2, 0.25) is 5.91 Å². The summed E-state index contributed by atoms with van der Waals surface area (Å²) in [6, 6.07) is 0. The predicted molar refractivity (Wildman–Crippen MR) is 81.2 cm³/mol. The van der Waals surface area contributed by atoms with Gasteiger partial charge in [0.05, 0.1) is 5.92 Å². The van der Waals surface area contributed by atoms with E-state index in [0.717, 1.165) is 24.3 Å². The Bertz CT molecular complexity index is 407. The lowest BCUT2D eigenvalue weighted by Crippen LogP contribution is -2.47. The monoisotopic (exact) mass is 357 g/mol. The van der Waals surface area contributed by atoms with Crippen molar-refractivity contribution in [2.75, 3.05) is 32.7 Å². The number of nitrogens with one attached hydrogen (secondary N) is 2. The van der Waals surface area contributed by atoms with Crippen LogP contribution in [0.5, 0.6) is 0 Å². The molecular weight excluding hydrogens is 335 g/mol. The van der Waals surface area contributed by atoms with Crippen LogP contribution in [0.25, 0.3) is 0 Å². The Morgan fingerprint density at radius 2 is 1.83 bits per heavy atom. The van der Waals surface area contributed by atoms with Crippen LogP contribution < -0.4 is 10.6 Å². The van der Waals surface area contributed by atoms with E-state index in [-0.39, 0.29) is 43.2 Å². The second kappa shape index (κ2) is 8.73. The van der Waals surface area contributed by atoms with Gasteiger partial charge in [-0.15, -0.1) is 12.4 Å². The van der Waals surface area contributed by atoms with Gasteiger partial charge in [-0.25, -0.2) is 0 Å². The Labute approximate surface area is 139 Å². The van der Waals surface area contributed by atoms with Gasteiger partial charge in [-0.1, -0.05) is 0 Å². The molecule has 1 atom stereocenters. The molecule has 2 aliphatic heterocycles. The largest absolute Gasteiger partial charge is 0.471 e. The summed E-state index contributed by atoms with van der Waals surface area (Å²) in [5.74, 6) is -1.62. The molecule has 1 unspecified atom stereocenters. The zero-order valence-electron chi connectivity index (χ0n) is 12.8. The van der Waals surface area contributed by atoms with Gasteiger partial charge in [0, 0.05) is 26.2 Å². The summed E-state index contributed by atoms with van der Waals surface area (Å²) >= 11 is 0. The third kappa shape index (κ3) is 5.84. The molecule has 0 aliphatic carbocycles. The van der Waals surface area contributed by atoms with Crippen molar-refractivity contribution in [1.82, 2.24) is 15.5 Å². The van der Waals surface area contributed by atoms with E-state index in [2.05, 4.69) is 10.6 Å². The Balaban J connectivity index is 0.00000264. The van der Waals surface area contributed by atoms with E-state index in [0.29, 0.717) is 25.9 Å². The quantitative estimate of drug-likeness (QED) is 0.801. The van der Waals surface area contributed by atoms with E-state index < -0.39 is 12.1 Å². The first kappa shape index (κ1) is 20.0. The molecule has 0 aromatic heterocycles. The first-order chi connectivity index (χ1) is 10.4. The van der Waals surface area contributed by atoms with Crippen molar-refractivity contribution >= 4 is 24.2 Å². The molecule has 2 fully saturated rings. The smallest absolute Gasteiger partial charge is 0.356 e. The molecule has 2 rings (SSSR count). The number of nitrogens with zero attached hydrogens (tertiary/aromatic N) is 1. The summed E-state index contributed by atoms with van der Waals surface area (Å²) in [4.78, 5) is 24.0. The van der Waals surface area contributed by atoms with Crippen molar-refractivity contribution < 1.29 is 22.8 Å². The molecule has 0 bridgehead atoms. The third-order valence-electron chi connectivity index (χ3n) is 4.38. The van der Waals surface area contributed by atoms with Gasteiger partial charge in [0.15, 0.2) is 0 Å². The lowest BCUT2D eigenvalue weighted by molar-refractivity contribution is -0.186. The highest BCUT2D eigenvalue weighted by Crippen LogP contribution is 2.23. The minimum absolute atomic E-state index is 0. The van der Waals surface area contributed by atoms with Gasteiger partial charge < -0.3 is 15.5 Å². The summed E-state index contributed by atoms with van der Waals surface area (Å²) in [7, 11) is 0. The normalized spacial score (nSPS) is 23.1. The van der Waals surface area contributed by atoms with Crippen LogP contribution >= 0.6 is 12.4 Å². The molecule has 0 aromatic rings. The van der Waals surface area contributed by atoms with Crippen molar-refractivity contribution in [3.8, 4) is 0 Å². The molecule has 0 spiro atoms. The lowest BCUT2D eigenvalue weighted by Gasteiger charge is -2.32. The fourth-order valence-corrected chi connectivity index (χ4v) is 2.98. The highest BCUT2D eigenvalue weighted by atomic mass is 35.5. The minimum Gasteiger partial charge on any atom is -0.356 e. The maximum atomic E-state index is 12.3. The Hall–Kier alpha value is -1.02. The SMILES string of the molecule is Cl.O=C(NCC1CCN(C(=O)C(F)(F)F)CC1)C1CCCNC1. The first-order valence-electron chi connectivity index (χ1n) is 7.72. The molecule has 0 saturated carbocycles. The van der Waals surface area contributed by atoms with Crippen LogP contribution in [0, 0.1) is 11.8 Å². The first-order valence-corrected chi connectivity index (χ1v) is 7.72. The topological polar surface area (TPSA) is 61.4 Å². The van der Waals surface area contributed by atoms with Gasteiger partial charge in [-0.2, -0.15) is 13.2 Å². The summed E-state index contributed by atoms with van der Waals surface area (Å²) in [6.07, 6.45) is -1.96. The molecule has 2 saturated heterocycles. The van der Waals surface area contributed by atoms with Crippen LogP contribution in [-0.4, -0.2) is 55.6 Å². The number of alkyl halides is 3. The number of likely N-dealkylation sites (tertiary alicyclic amines) is 1. The molecule has 9 heteroatoms. The van der Waals surface area contributed by atoms with Crippen LogP contribution in [0.1, 0.15) is 25.7 Å². The number of carbonyl (C=O) groups excluding carboxylic acids is 2. The zero-order valence-corrected chi connectivity index (χ0v) is 13.6. The van der Waals surface area contributed by atoms with Gasteiger partial charge in [-0.3, -0.25) is 9.59 Å². The van der Waals surface area contributed by atoms with Crippen molar-refractivity contribution in [3.63, 3.8) is 0 Å². The number of carbonyl (C=O) groups is 2. The van der Waals surface area contributed by atoms with E-state index in [1.165, 1.54) is 0 Å². The average Bonchev–Trinajstić information content (AvgIpc) is 2.52. The Morgan fingerprint density at radius 3 is 2.35 bits per heavy atom. The molecule has 2 amide bonds. The fourth-order valence-electron chi connectivity index (χ4n) is 2.98. The molecule has 0 aromatic carbocycles. The zero-order chi connectivity index (χ0) is 16.2. The molecule has 2 N–H and O–H groups in total. The molecule has 2 heterocycles. The van der Waals surface area contributed by atoms with Crippen molar-refractivity contribution in [3.05, 3.63) is 0 Å². The number of piperidine rings is 2. The van der Waals surface area contributed by atoms with E-state index in [4.69, 9.17) is 0 Å². The molecule has 23 heavy (non-hydrogen) atoms. The second-order valence-corrected chi connectivity index (χ2v) is 6.02. The van der Waals surface area contributed by atoms with E-state index in [1.54, 1.807) is 0 Å². The molecular formula is C14H23ClF3N3O2. The maximum absolute atomic E-state index is 12.3. The van der Waals surface area contributed by atoms with Gasteiger partial charge in [0.25, 0.3) is 0 Å². The minimum atomic E-state index is -4.80. The standard InChI is InChI=1S/C14H22F3N3O2.ClH/c15-14(16,17)13(22)20-6-3-10(4-7-20)8-19-12(21)11-2-1-5-18-9-11;/h10-11,18H,1-9H2,(H,19,21);1H. The summed E-state index contributed by atoms with van der Waals surface area (Å²) in [6.45, 7) is 2.30. The summed E-state index contributed by atoms with van der Waals surface area (Å²) < 4.78 is 37.0. The Kier molecular flexibility index (Phi) is 7.60. The molecule has 5 nitrogen and oxygen atoms in total. The van der Waals surface area contributed by atoms with Gasteiger partial charge in [0.1, 0.15) is 0 Å². The second-order valence-electron chi connectivity index (χ2n) is 6.02. The number of halogens is 4. The lowest BCUT2D eigenvalue weighted by atomic mass is 9.95. The summed E-state index contributed by atoms with van der Waals surface area (Å²) in [5.41, 5.74) is 0. The Morgan fingerprint density at radius 1 is 1.17 bits per heavy atom. The number of rotatable bonds is 3.